The summed E-state index contributed by atoms with van der Waals surface area (Å²) in [6.45, 7) is 6.54. The van der Waals surface area contributed by atoms with Crippen molar-refractivity contribution in [1.82, 2.24) is 15.1 Å². The molecule has 1 saturated heterocycles. The van der Waals surface area contributed by atoms with Gasteiger partial charge in [-0.05, 0) is 13.0 Å². The summed E-state index contributed by atoms with van der Waals surface area (Å²) in [5.41, 5.74) is 0.430. The van der Waals surface area contributed by atoms with E-state index >= 15 is 0 Å². The molecule has 0 aromatic carbocycles. The first-order chi connectivity index (χ1) is 11.5. The lowest BCUT2D eigenvalue weighted by Gasteiger charge is -2.36. The highest BCUT2D eigenvalue weighted by atomic mass is 127. The highest BCUT2D eigenvalue weighted by Gasteiger charge is 2.21. The van der Waals surface area contributed by atoms with Gasteiger partial charge >= 0.3 is 5.97 Å². The number of nitrogens with one attached hydrogen (secondary N) is 1. The fourth-order valence-corrected chi connectivity index (χ4v) is 2.68. The van der Waals surface area contributed by atoms with Crippen LogP contribution in [0.1, 0.15) is 28.8 Å². The van der Waals surface area contributed by atoms with Crippen LogP contribution in [0.2, 0.25) is 0 Å². The third-order valence-electron chi connectivity index (χ3n) is 4.03. The standard InChI is InChI=1S/C16H24N4O4.HI/c1-11-14(15(22)23-4)9-13(24-11)10-18-16(17-3)20-7-5-19(6-8-20)12(2)21;/h9H,5-8,10H2,1-4H3,(H,17,18);1H. The van der Waals surface area contributed by atoms with Gasteiger partial charge in [-0.25, -0.2) is 4.79 Å². The molecule has 140 valence electrons. The molecule has 1 aliphatic rings. The number of rotatable bonds is 3. The minimum absolute atomic E-state index is 0. The van der Waals surface area contributed by atoms with Crippen molar-refractivity contribution in [3.05, 3.63) is 23.2 Å². The number of hydrogen-bond acceptors (Lipinski definition) is 5. The number of esters is 1. The third kappa shape index (κ3) is 5.35. The second kappa shape index (κ2) is 9.64. The van der Waals surface area contributed by atoms with Crippen molar-refractivity contribution in [1.29, 1.82) is 0 Å². The molecule has 1 aromatic rings. The molecule has 1 amide bonds. The summed E-state index contributed by atoms with van der Waals surface area (Å²) in [5.74, 6) is 1.60. The minimum atomic E-state index is -0.410. The van der Waals surface area contributed by atoms with Crippen LogP contribution in [0.15, 0.2) is 15.5 Å². The minimum Gasteiger partial charge on any atom is -0.465 e. The van der Waals surface area contributed by atoms with Crippen molar-refractivity contribution in [2.45, 2.75) is 20.4 Å². The van der Waals surface area contributed by atoms with E-state index in [0.29, 0.717) is 36.7 Å². The molecule has 9 heteroatoms. The van der Waals surface area contributed by atoms with Crippen molar-refractivity contribution in [2.75, 3.05) is 40.3 Å². The quantitative estimate of drug-likeness (QED) is 0.314. The van der Waals surface area contributed by atoms with Crippen LogP contribution in [0.4, 0.5) is 0 Å². The normalized spacial score (nSPS) is 14.8. The van der Waals surface area contributed by atoms with Crippen molar-refractivity contribution in [3.63, 3.8) is 0 Å². The van der Waals surface area contributed by atoms with Crippen LogP contribution in [-0.4, -0.2) is 68.0 Å². The summed E-state index contributed by atoms with van der Waals surface area (Å²) < 4.78 is 10.3. The van der Waals surface area contributed by atoms with E-state index in [9.17, 15) is 9.59 Å². The van der Waals surface area contributed by atoms with E-state index in [0.717, 1.165) is 19.0 Å². The van der Waals surface area contributed by atoms with E-state index < -0.39 is 5.97 Å². The number of methoxy groups -OCH3 is 1. The van der Waals surface area contributed by atoms with Crippen LogP contribution in [-0.2, 0) is 16.1 Å². The number of furan rings is 1. The average molecular weight is 464 g/mol. The van der Waals surface area contributed by atoms with Gasteiger partial charge < -0.3 is 24.3 Å². The first-order valence-corrected chi connectivity index (χ1v) is 7.85. The van der Waals surface area contributed by atoms with Gasteiger partial charge in [0.15, 0.2) is 5.96 Å². The second-order valence-corrected chi connectivity index (χ2v) is 5.57. The molecule has 0 atom stereocenters. The fourth-order valence-electron chi connectivity index (χ4n) is 2.68. The lowest BCUT2D eigenvalue weighted by molar-refractivity contribution is -0.130. The summed E-state index contributed by atoms with van der Waals surface area (Å²) in [6, 6.07) is 1.68. The van der Waals surface area contributed by atoms with Crippen molar-refractivity contribution in [2.24, 2.45) is 4.99 Å². The van der Waals surface area contributed by atoms with Crippen LogP contribution in [0.25, 0.3) is 0 Å². The van der Waals surface area contributed by atoms with Crippen molar-refractivity contribution in [3.8, 4) is 0 Å². The van der Waals surface area contributed by atoms with Gasteiger partial charge in [0, 0.05) is 40.2 Å². The Morgan fingerprint density at radius 2 is 1.88 bits per heavy atom. The number of carbonyl (C=O) groups is 2. The molecule has 1 fully saturated rings. The van der Waals surface area contributed by atoms with Gasteiger partial charge in [-0.1, -0.05) is 0 Å². The molecule has 0 radical (unpaired) electrons. The summed E-state index contributed by atoms with van der Waals surface area (Å²) in [7, 11) is 3.06. The van der Waals surface area contributed by atoms with Gasteiger partial charge in [-0.3, -0.25) is 9.79 Å². The number of amides is 1. The van der Waals surface area contributed by atoms with E-state index in [2.05, 4.69) is 15.2 Å². The Hall–Kier alpha value is -1.78. The Morgan fingerprint density at radius 3 is 2.40 bits per heavy atom. The zero-order valence-electron chi connectivity index (χ0n) is 15.0. The molecule has 1 aliphatic heterocycles. The molecule has 0 aliphatic carbocycles. The number of piperazine rings is 1. The monoisotopic (exact) mass is 464 g/mol. The SMILES string of the molecule is CN=C(NCc1cc(C(=O)OC)c(C)o1)N1CCN(C(C)=O)CC1.I. The molecular formula is C16H25IN4O4. The van der Waals surface area contributed by atoms with E-state index in [4.69, 9.17) is 9.15 Å². The predicted octanol–water partition coefficient (Wildman–Crippen LogP) is 1.23. The van der Waals surface area contributed by atoms with Crippen molar-refractivity contribution < 1.29 is 18.7 Å². The Morgan fingerprint density at radius 1 is 1.28 bits per heavy atom. The summed E-state index contributed by atoms with van der Waals surface area (Å²) >= 11 is 0. The molecular weight excluding hydrogens is 439 g/mol. The van der Waals surface area contributed by atoms with Gasteiger partial charge in [0.25, 0.3) is 0 Å². The smallest absolute Gasteiger partial charge is 0.341 e. The van der Waals surface area contributed by atoms with Gasteiger partial charge in [-0.2, -0.15) is 0 Å². The molecule has 0 bridgehead atoms. The van der Waals surface area contributed by atoms with Crippen LogP contribution in [0.3, 0.4) is 0 Å². The molecule has 25 heavy (non-hydrogen) atoms. The number of hydrogen-bond donors (Lipinski definition) is 1. The zero-order valence-corrected chi connectivity index (χ0v) is 17.3. The van der Waals surface area contributed by atoms with Crippen LogP contribution in [0.5, 0.6) is 0 Å². The highest BCUT2D eigenvalue weighted by molar-refractivity contribution is 14.0. The maximum absolute atomic E-state index is 11.6. The molecule has 8 nitrogen and oxygen atoms in total. The van der Waals surface area contributed by atoms with Gasteiger partial charge in [0.05, 0.1) is 13.7 Å². The number of carbonyl (C=O) groups excluding carboxylic acids is 2. The largest absolute Gasteiger partial charge is 0.465 e. The lowest BCUT2D eigenvalue weighted by atomic mass is 10.2. The number of ether oxygens (including phenoxy) is 1. The Kier molecular flexibility index (Phi) is 8.20. The number of nitrogens with zero attached hydrogens (tertiary/aromatic N) is 3. The zero-order chi connectivity index (χ0) is 17.7. The molecule has 2 heterocycles. The lowest BCUT2D eigenvalue weighted by Crippen LogP contribution is -2.53. The third-order valence-corrected chi connectivity index (χ3v) is 4.03. The number of guanidine groups is 1. The number of aliphatic imine (C=N–C) groups is 1. The van der Waals surface area contributed by atoms with E-state index in [1.54, 1.807) is 27.0 Å². The molecule has 2 rings (SSSR count). The van der Waals surface area contributed by atoms with Gasteiger partial charge in [0.2, 0.25) is 5.91 Å². The van der Waals surface area contributed by atoms with Crippen molar-refractivity contribution >= 4 is 41.8 Å². The predicted molar refractivity (Wildman–Crippen MR) is 104 cm³/mol. The number of aryl methyl sites for hydroxylation is 1. The summed E-state index contributed by atoms with van der Waals surface area (Å²) in [4.78, 5) is 31.2. The summed E-state index contributed by atoms with van der Waals surface area (Å²) in [5, 5.41) is 3.22. The molecule has 0 saturated carbocycles. The second-order valence-electron chi connectivity index (χ2n) is 5.57. The molecule has 1 N–H and O–H groups in total. The van der Waals surface area contributed by atoms with Gasteiger partial charge in [-0.15, -0.1) is 24.0 Å². The van der Waals surface area contributed by atoms with E-state index in [1.165, 1.54) is 7.11 Å². The van der Waals surface area contributed by atoms with Gasteiger partial charge in [0.1, 0.15) is 17.1 Å². The molecule has 0 spiro atoms. The fraction of sp³-hybridized carbons (Fsp3) is 0.562. The first kappa shape index (κ1) is 21.3. The Balaban J connectivity index is 0.00000312. The topological polar surface area (TPSA) is 87.4 Å². The molecule has 0 unspecified atom stereocenters. The number of halogens is 1. The molecule has 1 aromatic heterocycles. The summed E-state index contributed by atoms with van der Waals surface area (Å²) in [6.07, 6.45) is 0. The van der Waals surface area contributed by atoms with E-state index in [1.807, 2.05) is 4.90 Å². The average Bonchev–Trinajstić information content (AvgIpc) is 2.96. The maximum atomic E-state index is 11.6. The van der Waals surface area contributed by atoms with Crippen LogP contribution < -0.4 is 5.32 Å². The van der Waals surface area contributed by atoms with E-state index in [-0.39, 0.29) is 29.9 Å². The first-order valence-electron chi connectivity index (χ1n) is 7.85. The van der Waals surface area contributed by atoms with Crippen LogP contribution in [0, 0.1) is 6.92 Å². The Labute approximate surface area is 164 Å². The Bertz CT molecular complexity index is 636. The highest BCUT2D eigenvalue weighted by Crippen LogP contribution is 2.15. The maximum Gasteiger partial charge on any atom is 0.341 e. The van der Waals surface area contributed by atoms with Crippen LogP contribution >= 0.6 is 24.0 Å².